The average molecular weight is 450 g/mol. The molecule has 3 aromatic rings. The first-order valence-corrected chi connectivity index (χ1v) is 9.33. The van der Waals surface area contributed by atoms with Crippen molar-refractivity contribution in [2.24, 2.45) is 5.73 Å². The molecule has 14 heteroatoms. The summed E-state index contributed by atoms with van der Waals surface area (Å²) in [6.45, 7) is 0.0901. The van der Waals surface area contributed by atoms with E-state index in [1.54, 1.807) is 4.68 Å². The Morgan fingerprint density at radius 3 is 2.78 bits per heavy atom. The number of nitrogens with zero attached hydrogens (tertiary/aromatic N) is 4. The average Bonchev–Trinajstić information content (AvgIpc) is 3.33. The minimum absolute atomic E-state index is 0.000953. The van der Waals surface area contributed by atoms with E-state index in [0.29, 0.717) is 18.7 Å². The Morgan fingerprint density at radius 1 is 1.34 bits per heavy atom. The molecule has 5 N–H and O–H groups in total. The number of hydrogen-bond donors (Lipinski definition) is 4. The SMILES string of the molecule is NC(=O)c1nn(C2CNC2)cc1NC(=O)c1coc(-c2ccnc(NCC(F)(F)F)c2)n1. The molecule has 0 atom stereocenters. The predicted molar refractivity (Wildman–Crippen MR) is 105 cm³/mol. The van der Waals surface area contributed by atoms with Crippen molar-refractivity contribution >= 4 is 23.3 Å². The molecule has 4 heterocycles. The molecule has 0 aromatic carbocycles. The number of amides is 2. The molecule has 1 saturated heterocycles. The second-order valence-electron chi connectivity index (χ2n) is 6.94. The van der Waals surface area contributed by atoms with Gasteiger partial charge in [-0.25, -0.2) is 9.97 Å². The van der Waals surface area contributed by atoms with E-state index in [0.717, 1.165) is 6.26 Å². The van der Waals surface area contributed by atoms with E-state index >= 15 is 0 Å². The van der Waals surface area contributed by atoms with Gasteiger partial charge in [0.2, 0.25) is 5.89 Å². The van der Waals surface area contributed by atoms with Crippen molar-refractivity contribution in [1.82, 2.24) is 25.1 Å². The van der Waals surface area contributed by atoms with Gasteiger partial charge in [-0.15, -0.1) is 0 Å². The third kappa shape index (κ3) is 4.69. The summed E-state index contributed by atoms with van der Waals surface area (Å²) in [7, 11) is 0. The number of halogens is 3. The van der Waals surface area contributed by atoms with Crippen molar-refractivity contribution in [2.75, 3.05) is 30.3 Å². The van der Waals surface area contributed by atoms with Crippen LogP contribution in [0.5, 0.6) is 0 Å². The van der Waals surface area contributed by atoms with Crippen LogP contribution in [0.2, 0.25) is 0 Å². The maximum Gasteiger partial charge on any atom is 0.405 e. The summed E-state index contributed by atoms with van der Waals surface area (Å²) in [6.07, 6.45) is -0.538. The summed E-state index contributed by atoms with van der Waals surface area (Å²) in [4.78, 5) is 32.1. The molecule has 4 rings (SSSR count). The number of anilines is 2. The van der Waals surface area contributed by atoms with Gasteiger partial charge >= 0.3 is 6.18 Å². The summed E-state index contributed by atoms with van der Waals surface area (Å²) < 4.78 is 44.0. The van der Waals surface area contributed by atoms with Crippen LogP contribution in [0.15, 0.2) is 35.2 Å². The number of pyridine rings is 1. The predicted octanol–water partition coefficient (Wildman–Crippen LogP) is 1.40. The molecule has 3 aromatic heterocycles. The van der Waals surface area contributed by atoms with Gasteiger partial charge in [0.15, 0.2) is 11.4 Å². The quantitative estimate of drug-likeness (QED) is 0.421. The Labute approximate surface area is 178 Å². The Kier molecular flexibility index (Phi) is 5.52. The highest BCUT2D eigenvalue weighted by atomic mass is 19.4. The van der Waals surface area contributed by atoms with Crippen LogP contribution in [0.1, 0.15) is 27.0 Å². The topological polar surface area (TPSA) is 153 Å². The molecule has 0 unspecified atom stereocenters. The molecule has 1 aliphatic rings. The summed E-state index contributed by atoms with van der Waals surface area (Å²) in [5.41, 5.74) is 5.58. The highest BCUT2D eigenvalue weighted by Crippen LogP contribution is 2.23. The third-order valence-electron chi connectivity index (χ3n) is 4.56. The fourth-order valence-electron chi connectivity index (χ4n) is 2.86. The zero-order valence-electron chi connectivity index (χ0n) is 16.3. The number of nitrogens with one attached hydrogen (secondary N) is 3. The second-order valence-corrected chi connectivity index (χ2v) is 6.94. The zero-order chi connectivity index (χ0) is 22.9. The van der Waals surface area contributed by atoms with Crippen molar-refractivity contribution in [3.05, 3.63) is 42.2 Å². The number of primary amides is 1. The molecule has 0 spiro atoms. The number of oxazole rings is 1. The normalized spacial score (nSPS) is 14.1. The number of nitrogens with two attached hydrogens (primary N) is 1. The maximum absolute atomic E-state index is 12.6. The monoisotopic (exact) mass is 450 g/mol. The van der Waals surface area contributed by atoms with Crippen molar-refractivity contribution in [3.8, 4) is 11.5 Å². The summed E-state index contributed by atoms with van der Waals surface area (Å²) in [5.74, 6) is -1.52. The van der Waals surface area contributed by atoms with Gasteiger partial charge in [-0.2, -0.15) is 18.3 Å². The molecule has 0 aliphatic carbocycles. The van der Waals surface area contributed by atoms with E-state index in [-0.39, 0.29) is 34.8 Å². The van der Waals surface area contributed by atoms with Crippen molar-refractivity contribution in [2.45, 2.75) is 12.2 Å². The number of carbonyl (C=O) groups is 2. The van der Waals surface area contributed by atoms with Gasteiger partial charge in [0.1, 0.15) is 18.6 Å². The Morgan fingerprint density at radius 2 is 2.12 bits per heavy atom. The van der Waals surface area contributed by atoms with Gasteiger partial charge in [0.25, 0.3) is 11.8 Å². The zero-order valence-corrected chi connectivity index (χ0v) is 16.3. The highest BCUT2D eigenvalue weighted by molar-refractivity contribution is 6.07. The Hall–Kier alpha value is -3.94. The number of hydrogen-bond acceptors (Lipinski definition) is 8. The smallest absolute Gasteiger partial charge is 0.405 e. The van der Waals surface area contributed by atoms with Gasteiger partial charge < -0.3 is 26.1 Å². The Balaban J connectivity index is 1.49. The van der Waals surface area contributed by atoms with Crippen molar-refractivity contribution in [1.29, 1.82) is 0 Å². The van der Waals surface area contributed by atoms with Crippen molar-refractivity contribution in [3.63, 3.8) is 0 Å². The van der Waals surface area contributed by atoms with Crippen LogP contribution in [0.3, 0.4) is 0 Å². The van der Waals surface area contributed by atoms with Gasteiger partial charge in [-0.3, -0.25) is 14.3 Å². The largest absolute Gasteiger partial charge is 0.444 e. The number of carbonyl (C=O) groups excluding carboxylic acids is 2. The molecule has 0 radical (unpaired) electrons. The van der Waals surface area contributed by atoms with Crippen molar-refractivity contribution < 1.29 is 27.2 Å². The van der Waals surface area contributed by atoms with Gasteiger partial charge in [0, 0.05) is 31.0 Å². The molecule has 1 fully saturated rings. The van der Waals surface area contributed by atoms with Crippen LogP contribution in [0, 0.1) is 0 Å². The van der Waals surface area contributed by atoms with E-state index < -0.39 is 24.5 Å². The fraction of sp³-hybridized carbons (Fsp3) is 0.278. The van der Waals surface area contributed by atoms with Gasteiger partial charge in [0.05, 0.1) is 11.7 Å². The van der Waals surface area contributed by atoms with Crippen LogP contribution < -0.4 is 21.7 Å². The highest BCUT2D eigenvalue weighted by Gasteiger charge is 2.27. The molecule has 168 valence electrons. The number of alkyl halides is 3. The van der Waals surface area contributed by atoms with Crippen LogP contribution in [0.25, 0.3) is 11.5 Å². The fourth-order valence-corrected chi connectivity index (χ4v) is 2.86. The minimum atomic E-state index is -4.40. The lowest BCUT2D eigenvalue weighted by Crippen LogP contribution is -2.43. The number of rotatable bonds is 7. The summed E-state index contributed by atoms with van der Waals surface area (Å²) >= 11 is 0. The summed E-state index contributed by atoms with van der Waals surface area (Å²) in [6, 6.07) is 2.82. The first-order chi connectivity index (χ1) is 15.2. The lowest BCUT2D eigenvalue weighted by Gasteiger charge is -2.27. The van der Waals surface area contributed by atoms with Crippen LogP contribution in [-0.4, -0.2) is 57.4 Å². The molecule has 2 amide bonds. The molecule has 1 aliphatic heterocycles. The lowest BCUT2D eigenvalue weighted by molar-refractivity contribution is -0.115. The molecule has 11 nitrogen and oxygen atoms in total. The summed E-state index contributed by atoms with van der Waals surface area (Å²) in [5, 5.41) is 11.9. The minimum Gasteiger partial charge on any atom is -0.444 e. The van der Waals surface area contributed by atoms with E-state index in [2.05, 4.69) is 31.0 Å². The molecule has 0 bridgehead atoms. The van der Waals surface area contributed by atoms with E-state index in [1.807, 2.05) is 0 Å². The Bertz CT molecular complexity index is 1150. The first-order valence-electron chi connectivity index (χ1n) is 9.33. The molecular formula is C18H17F3N8O3. The van der Waals surface area contributed by atoms with Gasteiger partial charge in [-0.05, 0) is 12.1 Å². The standard InChI is InChI=1S/C18H17F3N8O3/c19-18(20,21)8-25-13-3-9(1-2-24-13)17-27-12(7-32-17)16(31)26-11-6-29(10-4-23-5-10)28-14(11)15(22)30/h1-3,6-7,10,23H,4-5,8H2,(H2,22,30)(H,24,25)(H,26,31). The van der Waals surface area contributed by atoms with Crippen LogP contribution in [0.4, 0.5) is 24.7 Å². The van der Waals surface area contributed by atoms with E-state index in [1.165, 1.54) is 24.5 Å². The van der Waals surface area contributed by atoms with Crippen LogP contribution >= 0.6 is 0 Å². The van der Waals surface area contributed by atoms with Gasteiger partial charge in [-0.1, -0.05) is 0 Å². The maximum atomic E-state index is 12.6. The molecule has 0 saturated carbocycles. The number of aromatic nitrogens is 4. The molecular weight excluding hydrogens is 433 g/mol. The van der Waals surface area contributed by atoms with E-state index in [9.17, 15) is 22.8 Å². The molecule has 32 heavy (non-hydrogen) atoms. The third-order valence-corrected chi connectivity index (χ3v) is 4.56. The lowest BCUT2D eigenvalue weighted by atomic mass is 10.2. The van der Waals surface area contributed by atoms with E-state index in [4.69, 9.17) is 10.2 Å². The first kappa shape index (κ1) is 21.3. The van der Waals surface area contributed by atoms with Crippen LogP contribution in [-0.2, 0) is 0 Å². The second kappa shape index (κ2) is 8.30.